The summed E-state index contributed by atoms with van der Waals surface area (Å²) in [5, 5.41) is 12.6. The van der Waals surface area contributed by atoms with Gasteiger partial charge in [0.15, 0.2) is 11.6 Å². The highest BCUT2D eigenvalue weighted by Crippen LogP contribution is 2.37. The molecule has 2 fully saturated rings. The van der Waals surface area contributed by atoms with Crippen molar-refractivity contribution in [2.45, 2.75) is 38.3 Å². The second-order valence-electron chi connectivity index (χ2n) is 7.55. The van der Waals surface area contributed by atoms with Gasteiger partial charge in [-0.2, -0.15) is 0 Å². The minimum absolute atomic E-state index is 0.0300. The fraction of sp³-hybridized carbons (Fsp3) is 0.526. The first-order chi connectivity index (χ1) is 12.9. The molecule has 27 heavy (non-hydrogen) atoms. The van der Waals surface area contributed by atoms with Crippen LogP contribution in [0.25, 0.3) is 11.0 Å². The summed E-state index contributed by atoms with van der Waals surface area (Å²) in [6.45, 7) is 3.50. The van der Waals surface area contributed by atoms with E-state index in [1.165, 1.54) is 6.20 Å². The quantitative estimate of drug-likeness (QED) is 0.832. The molecule has 0 unspecified atom stereocenters. The number of nitrogens with one attached hydrogen (secondary N) is 1. The maximum atomic E-state index is 14.8. The fourth-order valence-corrected chi connectivity index (χ4v) is 3.87. The van der Waals surface area contributed by atoms with Crippen LogP contribution < -0.4 is 15.6 Å². The Balaban J connectivity index is 1.82. The average Bonchev–Trinajstić information content (AvgIpc) is 3.37. The van der Waals surface area contributed by atoms with Crippen LogP contribution in [0.15, 0.2) is 17.1 Å². The summed E-state index contributed by atoms with van der Waals surface area (Å²) >= 11 is 0. The molecule has 0 radical (unpaired) electrons. The number of nitrogens with zero attached hydrogens (tertiary/aromatic N) is 3. The van der Waals surface area contributed by atoms with E-state index in [0.717, 1.165) is 25.3 Å². The van der Waals surface area contributed by atoms with Crippen molar-refractivity contribution in [3.8, 4) is 0 Å². The molecule has 1 saturated heterocycles. The number of hydrogen-bond acceptors (Lipinski definition) is 5. The van der Waals surface area contributed by atoms with E-state index in [1.807, 2.05) is 11.9 Å². The third kappa shape index (κ3) is 3.07. The second-order valence-corrected chi connectivity index (χ2v) is 7.55. The first kappa shape index (κ1) is 17.9. The number of anilines is 1. The highest BCUT2D eigenvalue weighted by Gasteiger charge is 2.31. The molecule has 4 rings (SSSR count). The molecular weight excluding hydrogens is 351 g/mol. The summed E-state index contributed by atoms with van der Waals surface area (Å²) in [7, 11) is 1.91. The Morgan fingerprint density at radius 3 is 2.78 bits per heavy atom. The molecule has 0 aromatic carbocycles. The fourth-order valence-electron chi connectivity index (χ4n) is 3.87. The number of aromatic carboxylic acids is 1. The zero-order chi connectivity index (χ0) is 19.3. The summed E-state index contributed by atoms with van der Waals surface area (Å²) in [5.74, 6) is -1.25. The van der Waals surface area contributed by atoms with Crippen LogP contribution in [-0.4, -0.2) is 46.8 Å². The second kappa shape index (κ2) is 6.60. The molecule has 144 valence electrons. The van der Waals surface area contributed by atoms with Gasteiger partial charge in [0.1, 0.15) is 11.2 Å². The van der Waals surface area contributed by atoms with Gasteiger partial charge in [0.05, 0.1) is 5.39 Å². The molecule has 7 nitrogen and oxygen atoms in total. The Morgan fingerprint density at radius 2 is 2.15 bits per heavy atom. The minimum atomic E-state index is -1.30. The van der Waals surface area contributed by atoms with Gasteiger partial charge in [0.25, 0.3) is 0 Å². The number of carboxylic acid groups (broad SMARTS) is 1. The Kier molecular flexibility index (Phi) is 4.38. The Morgan fingerprint density at radius 1 is 1.41 bits per heavy atom. The molecule has 0 spiro atoms. The topological polar surface area (TPSA) is 87.5 Å². The van der Waals surface area contributed by atoms with Crippen LogP contribution in [-0.2, 0) is 0 Å². The third-order valence-electron chi connectivity index (χ3n) is 5.80. The smallest absolute Gasteiger partial charge is 0.341 e. The Hall–Kier alpha value is -2.48. The van der Waals surface area contributed by atoms with E-state index in [9.17, 15) is 19.1 Å². The van der Waals surface area contributed by atoms with Crippen molar-refractivity contribution in [3.63, 3.8) is 0 Å². The van der Waals surface area contributed by atoms with E-state index in [-0.39, 0.29) is 22.8 Å². The van der Waals surface area contributed by atoms with Crippen molar-refractivity contribution < 1.29 is 14.3 Å². The first-order valence-electron chi connectivity index (χ1n) is 9.31. The largest absolute Gasteiger partial charge is 0.477 e. The van der Waals surface area contributed by atoms with Crippen LogP contribution in [0, 0.1) is 11.7 Å². The maximum absolute atomic E-state index is 14.8. The summed E-state index contributed by atoms with van der Waals surface area (Å²) in [6.07, 6.45) is 4.09. The molecule has 2 aromatic rings. The highest BCUT2D eigenvalue weighted by molar-refractivity contribution is 5.92. The number of halogens is 1. The number of carboxylic acids is 1. The number of fused-ring (bicyclic) bond motifs is 1. The molecular formula is C19H23FN4O3. The van der Waals surface area contributed by atoms with E-state index < -0.39 is 17.2 Å². The van der Waals surface area contributed by atoms with Gasteiger partial charge in [-0.25, -0.2) is 14.2 Å². The SMILES string of the molecule is CN[C@H](C)[C@@H]1CCN(c2nc3c(cc2F)c(=O)c(C(=O)O)cn3C2CC2)C1. The number of pyridine rings is 2. The van der Waals surface area contributed by atoms with E-state index in [2.05, 4.69) is 17.2 Å². The molecule has 2 atom stereocenters. The zero-order valence-electron chi connectivity index (χ0n) is 15.4. The van der Waals surface area contributed by atoms with Crippen LogP contribution in [0.5, 0.6) is 0 Å². The molecule has 8 heteroatoms. The van der Waals surface area contributed by atoms with Crippen LogP contribution >= 0.6 is 0 Å². The van der Waals surface area contributed by atoms with Crippen molar-refractivity contribution in [3.05, 3.63) is 33.9 Å². The predicted octanol–water partition coefficient (Wildman–Crippen LogP) is 2.00. The lowest BCUT2D eigenvalue weighted by atomic mass is 10.0. The third-order valence-corrected chi connectivity index (χ3v) is 5.80. The number of hydrogen-bond donors (Lipinski definition) is 2. The van der Waals surface area contributed by atoms with Crippen LogP contribution in [0.3, 0.4) is 0 Å². The van der Waals surface area contributed by atoms with Crippen molar-refractivity contribution in [1.82, 2.24) is 14.9 Å². The Bertz CT molecular complexity index is 970. The predicted molar refractivity (Wildman–Crippen MR) is 100 cm³/mol. The highest BCUT2D eigenvalue weighted by atomic mass is 19.1. The molecule has 2 aromatic heterocycles. The van der Waals surface area contributed by atoms with Crippen molar-refractivity contribution in [2.24, 2.45) is 5.92 Å². The monoisotopic (exact) mass is 374 g/mol. The molecule has 2 N–H and O–H groups in total. The van der Waals surface area contributed by atoms with Gasteiger partial charge in [-0.1, -0.05) is 0 Å². The summed E-state index contributed by atoms with van der Waals surface area (Å²) < 4.78 is 16.6. The van der Waals surface area contributed by atoms with Gasteiger partial charge in [0.2, 0.25) is 5.43 Å². The summed E-state index contributed by atoms with van der Waals surface area (Å²) in [4.78, 5) is 30.3. The average molecular weight is 374 g/mol. The van der Waals surface area contributed by atoms with Crippen LogP contribution in [0.2, 0.25) is 0 Å². The van der Waals surface area contributed by atoms with Gasteiger partial charge >= 0.3 is 5.97 Å². The molecule has 3 heterocycles. The maximum Gasteiger partial charge on any atom is 0.341 e. The minimum Gasteiger partial charge on any atom is -0.477 e. The molecule has 0 bridgehead atoms. The van der Waals surface area contributed by atoms with Crippen molar-refractivity contribution in [2.75, 3.05) is 25.0 Å². The zero-order valence-corrected chi connectivity index (χ0v) is 15.4. The summed E-state index contributed by atoms with van der Waals surface area (Å²) in [5.41, 5.74) is -0.656. The van der Waals surface area contributed by atoms with E-state index in [1.54, 1.807) is 4.57 Å². The van der Waals surface area contributed by atoms with Gasteiger partial charge in [-0.3, -0.25) is 4.79 Å². The molecule has 1 aliphatic heterocycles. The van der Waals surface area contributed by atoms with Gasteiger partial charge in [-0.15, -0.1) is 0 Å². The van der Waals surface area contributed by atoms with Crippen molar-refractivity contribution in [1.29, 1.82) is 0 Å². The lowest BCUT2D eigenvalue weighted by molar-refractivity contribution is 0.0695. The van der Waals surface area contributed by atoms with E-state index in [0.29, 0.717) is 30.7 Å². The lowest BCUT2D eigenvalue weighted by Crippen LogP contribution is -2.33. The van der Waals surface area contributed by atoms with Crippen LogP contribution in [0.1, 0.15) is 42.6 Å². The first-order valence-corrected chi connectivity index (χ1v) is 9.31. The molecule has 1 aliphatic carbocycles. The molecule has 1 saturated carbocycles. The normalized spacial score (nSPS) is 21.0. The Labute approximate surface area is 155 Å². The summed E-state index contributed by atoms with van der Waals surface area (Å²) in [6, 6.07) is 1.59. The number of rotatable bonds is 5. The number of carbonyl (C=O) groups is 1. The van der Waals surface area contributed by atoms with Gasteiger partial charge in [0, 0.05) is 31.4 Å². The van der Waals surface area contributed by atoms with Gasteiger partial charge < -0.3 is 19.9 Å². The molecule has 2 aliphatic rings. The van der Waals surface area contributed by atoms with Crippen molar-refractivity contribution >= 4 is 22.8 Å². The number of aromatic nitrogens is 2. The van der Waals surface area contributed by atoms with E-state index >= 15 is 0 Å². The molecule has 0 amide bonds. The van der Waals surface area contributed by atoms with Gasteiger partial charge in [-0.05, 0) is 45.2 Å². The lowest BCUT2D eigenvalue weighted by Gasteiger charge is -2.22. The van der Waals surface area contributed by atoms with E-state index in [4.69, 9.17) is 0 Å². The van der Waals surface area contributed by atoms with Crippen LogP contribution in [0.4, 0.5) is 10.2 Å². The standard InChI is InChI=1S/C19H23FN4O3/c1-10(21-2)11-5-6-23(8-11)18-15(20)7-13-16(25)14(19(26)27)9-24(12-3-4-12)17(13)22-18/h7,9-12,21H,3-6,8H2,1-2H3,(H,26,27)/t10-,11-/m1/s1.